The molecule has 24 nitrogen and oxygen atoms in total. The first kappa shape index (κ1) is 62.2. The van der Waals surface area contributed by atoms with Gasteiger partial charge in [-0.1, -0.05) is 12.8 Å². The highest BCUT2D eigenvalue weighted by Gasteiger charge is 2.28. The molecule has 78 heavy (non-hydrogen) atoms. The van der Waals surface area contributed by atoms with Gasteiger partial charge in [0.05, 0.1) is 56.7 Å². The molecule has 17 N–H and O–H groups in total. The van der Waals surface area contributed by atoms with Gasteiger partial charge in [-0.05, 0) is 151 Å². The number of ether oxygens (including phenoxy) is 4. The summed E-state index contributed by atoms with van der Waals surface area (Å²) in [6, 6.07) is 13.2. The van der Waals surface area contributed by atoms with Crippen molar-refractivity contribution in [1.82, 2.24) is 16.0 Å². The minimum absolute atomic E-state index is 0.0372. The van der Waals surface area contributed by atoms with Crippen LogP contribution >= 0.6 is 0 Å². The Kier molecular flexibility index (Phi) is 25.3. The van der Waals surface area contributed by atoms with Crippen LogP contribution in [0.15, 0.2) is 72.8 Å². The van der Waals surface area contributed by atoms with Crippen molar-refractivity contribution in [2.75, 3.05) is 69.3 Å². The molecular weight excluding hydrogens is 1010 g/mol. The van der Waals surface area contributed by atoms with E-state index in [1.807, 2.05) is 0 Å². The Morgan fingerprint density at radius 2 is 0.744 bits per heavy atom. The molecule has 4 aromatic rings. The Balaban J connectivity index is 1.51. The number of nitrogens with two attached hydrogens (primary N) is 5. The van der Waals surface area contributed by atoms with E-state index in [-0.39, 0.29) is 80.8 Å². The summed E-state index contributed by atoms with van der Waals surface area (Å²) in [4.78, 5) is 108. The first-order chi connectivity index (χ1) is 37.4. The van der Waals surface area contributed by atoms with Gasteiger partial charge in [-0.3, -0.25) is 38.4 Å². The predicted molar refractivity (Wildman–Crippen MR) is 296 cm³/mol. The monoisotopic (exact) mass is 1080 g/mol. The minimum atomic E-state index is -1.16. The molecule has 0 aliphatic rings. The van der Waals surface area contributed by atoms with Gasteiger partial charge in [0.25, 0.3) is 23.6 Å². The maximum atomic E-state index is 14.2. The van der Waals surface area contributed by atoms with E-state index < -0.39 is 71.4 Å². The van der Waals surface area contributed by atoms with Crippen molar-refractivity contribution >= 4 is 70.0 Å². The zero-order chi connectivity index (χ0) is 57.3. The normalized spacial score (nSPS) is 12.3. The molecule has 0 unspecified atom stereocenters. The van der Waals surface area contributed by atoms with Crippen LogP contribution in [0.2, 0.25) is 0 Å². The maximum Gasteiger partial charge on any atom is 0.255 e. The highest BCUT2D eigenvalue weighted by atomic mass is 16.5. The quantitative estimate of drug-likeness (QED) is 0.0313. The number of primary amides is 1. The Morgan fingerprint density at radius 3 is 1.12 bits per heavy atom. The molecule has 24 heteroatoms. The van der Waals surface area contributed by atoms with Crippen LogP contribution in [0.5, 0.6) is 23.0 Å². The number of carbonyl (C=O) groups excluding carboxylic acids is 8. The van der Waals surface area contributed by atoms with Gasteiger partial charge in [0.15, 0.2) is 0 Å². The van der Waals surface area contributed by atoms with Crippen LogP contribution in [0, 0.1) is 0 Å². The average Bonchev–Trinajstić information content (AvgIpc) is 3.43. The summed E-state index contributed by atoms with van der Waals surface area (Å²) in [5.41, 5.74) is 29.5. The molecule has 0 saturated heterocycles. The fourth-order valence-electron chi connectivity index (χ4n) is 7.96. The van der Waals surface area contributed by atoms with Crippen molar-refractivity contribution in [3.8, 4) is 23.0 Å². The van der Waals surface area contributed by atoms with Gasteiger partial charge in [0.1, 0.15) is 41.1 Å². The van der Waals surface area contributed by atoms with E-state index in [1.54, 1.807) is 6.07 Å². The van der Waals surface area contributed by atoms with E-state index in [2.05, 4.69) is 37.2 Å². The summed E-state index contributed by atoms with van der Waals surface area (Å²) in [6.45, 7) is 2.64. The van der Waals surface area contributed by atoms with Crippen molar-refractivity contribution in [2.45, 2.75) is 95.3 Å². The molecule has 4 rings (SSSR count). The Labute approximate surface area is 453 Å². The van der Waals surface area contributed by atoms with Crippen molar-refractivity contribution in [1.29, 1.82) is 0 Å². The topological polar surface area (TPSA) is 388 Å². The van der Waals surface area contributed by atoms with Crippen molar-refractivity contribution in [3.05, 3.63) is 95.1 Å². The van der Waals surface area contributed by atoms with Crippen molar-refractivity contribution < 1.29 is 57.3 Å². The van der Waals surface area contributed by atoms with Crippen molar-refractivity contribution in [3.63, 3.8) is 0 Å². The van der Waals surface area contributed by atoms with Gasteiger partial charge >= 0.3 is 0 Å². The first-order valence-electron chi connectivity index (χ1n) is 25.5. The number of hydrogen-bond donors (Lipinski definition) is 12. The number of rotatable bonds is 32. The summed E-state index contributed by atoms with van der Waals surface area (Å²) < 4.78 is 21.6. The Bertz CT molecular complexity index is 2740. The molecule has 4 aromatic carbocycles. The van der Waals surface area contributed by atoms with Gasteiger partial charge in [-0.25, -0.2) is 0 Å². The van der Waals surface area contributed by atoms with Crippen molar-refractivity contribution in [2.24, 2.45) is 28.7 Å². The number of hydrogen-bond acceptors (Lipinski definition) is 16. The molecule has 0 aromatic heterocycles. The lowest BCUT2D eigenvalue weighted by Crippen LogP contribution is -2.44. The minimum Gasteiger partial charge on any atom is -0.496 e. The summed E-state index contributed by atoms with van der Waals surface area (Å²) in [5.74, 6) is -4.63. The fourth-order valence-corrected chi connectivity index (χ4v) is 7.96. The van der Waals surface area contributed by atoms with Gasteiger partial charge in [0.2, 0.25) is 23.6 Å². The third-order valence-corrected chi connectivity index (χ3v) is 12.3. The third-order valence-electron chi connectivity index (χ3n) is 12.3. The van der Waals surface area contributed by atoms with Crippen LogP contribution in [-0.2, 0) is 19.2 Å². The second-order valence-corrected chi connectivity index (χ2v) is 18.0. The van der Waals surface area contributed by atoms with Gasteiger partial charge in [0, 0.05) is 22.7 Å². The maximum absolute atomic E-state index is 14.2. The smallest absolute Gasteiger partial charge is 0.255 e. The van der Waals surface area contributed by atoms with E-state index >= 15 is 0 Å². The van der Waals surface area contributed by atoms with E-state index in [0.29, 0.717) is 51.7 Å². The van der Waals surface area contributed by atoms with Crippen LogP contribution in [0.1, 0.15) is 113 Å². The molecule has 0 fully saturated rings. The molecule has 0 spiro atoms. The zero-order valence-electron chi connectivity index (χ0n) is 44.7. The van der Waals surface area contributed by atoms with E-state index in [1.165, 1.54) is 102 Å². The second-order valence-electron chi connectivity index (χ2n) is 18.0. The number of methoxy groups -OCH3 is 4. The highest BCUT2D eigenvalue weighted by Crippen LogP contribution is 2.28. The van der Waals surface area contributed by atoms with E-state index in [0.717, 1.165) is 19.3 Å². The molecule has 8 amide bonds. The first-order valence-corrected chi connectivity index (χ1v) is 25.5. The standard InChI is InChI=1S/C54H74N12O12/c1-31(48(68)61-32-16-20-43(75-2)36(27-32)47(59)67)60-49(69)37-29-34(18-22-44(37)76-3)63-53(73)41(14-8-11-25-56)66-51(71)39-30-35(19-23-46(39)78-5)64-54(74)42(15-9-12-26-57)65-50(70)38-28-33(17-21-45(38)77-4)62-52(72)40(58)13-7-6-10-24-55/h16-23,27-31,40-42H,6-15,24-26,55-58H2,1-5H3,(H2,59,67)(H,60,69)(H,61,68)(H,62,72)(H,63,73)(H,64,74)(H,65,70)(H,66,71)/t31-,40-,41-,42-/m0/s1. The number of carbonyl (C=O) groups is 8. The molecule has 4 atom stereocenters. The molecule has 0 radical (unpaired) electrons. The molecule has 422 valence electrons. The average molecular weight is 1080 g/mol. The summed E-state index contributed by atoms with van der Waals surface area (Å²) >= 11 is 0. The Morgan fingerprint density at radius 1 is 0.423 bits per heavy atom. The molecule has 0 aliphatic heterocycles. The van der Waals surface area contributed by atoms with Crippen LogP contribution in [0.25, 0.3) is 0 Å². The third kappa shape index (κ3) is 18.5. The molecule has 0 bridgehead atoms. The van der Waals surface area contributed by atoms with Gasteiger partial charge in [-0.2, -0.15) is 0 Å². The lowest BCUT2D eigenvalue weighted by Gasteiger charge is -2.21. The van der Waals surface area contributed by atoms with Crippen LogP contribution in [0.4, 0.5) is 22.7 Å². The van der Waals surface area contributed by atoms with Gasteiger partial charge < -0.3 is 84.8 Å². The molecular formula is C54H74N12O12. The second kappa shape index (κ2) is 31.7. The zero-order valence-corrected chi connectivity index (χ0v) is 44.7. The SMILES string of the molecule is COc1ccc(NC(=O)[C@H](C)NC(=O)c2cc(NC(=O)[C@H](CCCCN)NC(=O)c3cc(NC(=O)[C@H](CCCCN)NC(=O)c4cc(NC(=O)[C@@H](N)CCCCCN)ccc4OC)ccc3OC)ccc2OC)cc1C(N)=O. The van der Waals surface area contributed by atoms with Crippen LogP contribution in [0.3, 0.4) is 0 Å². The van der Waals surface area contributed by atoms with E-state index in [4.69, 9.17) is 47.6 Å². The molecule has 0 heterocycles. The van der Waals surface area contributed by atoms with Crippen LogP contribution in [-0.4, -0.2) is 119 Å². The molecule has 0 aliphatic carbocycles. The largest absolute Gasteiger partial charge is 0.496 e. The van der Waals surface area contributed by atoms with E-state index in [9.17, 15) is 38.4 Å². The summed E-state index contributed by atoms with van der Waals surface area (Å²) in [5, 5.41) is 19.0. The van der Waals surface area contributed by atoms with Gasteiger partial charge in [-0.15, -0.1) is 0 Å². The lowest BCUT2D eigenvalue weighted by molar-refractivity contribution is -0.118. The summed E-state index contributed by atoms with van der Waals surface area (Å²) in [6.07, 6.45) is 5.13. The predicted octanol–water partition coefficient (Wildman–Crippen LogP) is 3.09. The molecule has 0 saturated carbocycles. The number of benzene rings is 4. The lowest BCUT2D eigenvalue weighted by atomic mass is 10.1. The number of nitrogens with one attached hydrogen (secondary N) is 7. The van der Waals surface area contributed by atoms with Crippen LogP contribution < -0.4 is 84.8 Å². The Hall–Kier alpha value is -8.32. The fraction of sp³-hybridized carbons (Fsp3) is 0.407. The highest BCUT2D eigenvalue weighted by molar-refractivity contribution is 6.07. The summed E-state index contributed by atoms with van der Waals surface area (Å²) in [7, 11) is 5.43. The number of anilines is 4. The number of unbranched alkanes of at least 4 members (excludes halogenated alkanes) is 4. The number of amides is 8.